The van der Waals surface area contributed by atoms with Gasteiger partial charge in [-0.25, -0.2) is 9.97 Å². The number of fused-ring (bicyclic) bond motifs is 6. The molecule has 3 heteroatoms. The van der Waals surface area contributed by atoms with Crippen molar-refractivity contribution in [1.82, 2.24) is 9.97 Å². The van der Waals surface area contributed by atoms with Gasteiger partial charge in [0.1, 0.15) is 11.2 Å². The monoisotopic (exact) mass is 666 g/mol. The zero-order valence-electron chi connectivity index (χ0n) is 29.0. The third-order valence-electron chi connectivity index (χ3n) is 10.7. The highest BCUT2D eigenvalue weighted by Gasteiger charge is 2.37. The van der Waals surface area contributed by atoms with Crippen molar-refractivity contribution < 1.29 is 4.42 Å². The van der Waals surface area contributed by atoms with Crippen molar-refractivity contribution in [3.05, 3.63) is 181 Å². The number of hydrogen-bond donors (Lipinski definition) is 0. The van der Waals surface area contributed by atoms with Gasteiger partial charge in [0.15, 0.2) is 5.82 Å². The van der Waals surface area contributed by atoms with E-state index in [9.17, 15) is 0 Å². The van der Waals surface area contributed by atoms with E-state index in [2.05, 4.69) is 172 Å². The van der Waals surface area contributed by atoms with Crippen LogP contribution >= 0.6 is 0 Å². The highest BCUT2D eigenvalue weighted by atomic mass is 16.3. The molecule has 0 saturated carbocycles. The largest absolute Gasteiger partial charge is 0.455 e. The zero-order valence-corrected chi connectivity index (χ0v) is 29.0. The van der Waals surface area contributed by atoms with Crippen molar-refractivity contribution >= 4 is 21.9 Å². The summed E-state index contributed by atoms with van der Waals surface area (Å²) in [4.78, 5) is 10.9. The SMILES string of the molecule is CC1(C)c2ccccc2-c2c(-c3nc(-c4ccc(-c5ccccc5)cc4-c4ccccc4)cc(-c4cccc5c4oc4ccccc45)n3)cccc21. The van der Waals surface area contributed by atoms with E-state index in [1.165, 1.54) is 27.8 Å². The summed E-state index contributed by atoms with van der Waals surface area (Å²) in [5.41, 5.74) is 15.9. The van der Waals surface area contributed by atoms with Crippen LogP contribution in [0.25, 0.3) is 89.2 Å². The molecule has 0 unspecified atom stereocenters. The fraction of sp³-hybridized carbons (Fsp3) is 0.0612. The summed E-state index contributed by atoms with van der Waals surface area (Å²) in [6, 6.07) is 59.9. The molecular weight excluding hydrogens is 633 g/mol. The Morgan fingerprint density at radius 1 is 0.423 bits per heavy atom. The maximum atomic E-state index is 6.57. The van der Waals surface area contributed by atoms with Crippen molar-refractivity contribution in [3.63, 3.8) is 0 Å². The summed E-state index contributed by atoms with van der Waals surface area (Å²) in [5.74, 6) is 0.691. The van der Waals surface area contributed by atoms with E-state index in [1.807, 2.05) is 12.1 Å². The second-order valence-electron chi connectivity index (χ2n) is 14.1. The van der Waals surface area contributed by atoms with Crippen LogP contribution in [0.3, 0.4) is 0 Å². The van der Waals surface area contributed by atoms with Crippen LogP contribution < -0.4 is 0 Å². The van der Waals surface area contributed by atoms with E-state index >= 15 is 0 Å². The summed E-state index contributed by atoms with van der Waals surface area (Å²) in [6.45, 7) is 4.62. The molecule has 7 aromatic carbocycles. The van der Waals surface area contributed by atoms with Crippen LogP contribution in [-0.2, 0) is 5.41 Å². The standard InChI is InChI=1S/C49H34N2O/c1-49(2)41-24-11-9-20-37(41)46-39(23-14-25-42(46)49)48-50-43(30-44(51-48)38-22-13-21-36-35-19-10-12-26-45(35)52-47(36)38)34-28-27-33(31-15-5-3-6-16-31)29-40(34)32-17-7-4-8-18-32/h3-30H,1-2H3. The van der Waals surface area contributed by atoms with Crippen molar-refractivity contribution in [3.8, 4) is 67.3 Å². The Bertz CT molecular complexity index is 2810. The number of hydrogen-bond acceptors (Lipinski definition) is 3. The van der Waals surface area contributed by atoms with Crippen LogP contribution in [0.15, 0.2) is 174 Å². The van der Waals surface area contributed by atoms with E-state index < -0.39 is 0 Å². The van der Waals surface area contributed by atoms with E-state index in [1.54, 1.807) is 0 Å². The number of aromatic nitrogens is 2. The van der Waals surface area contributed by atoms with Crippen molar-refractivity contribution in [1.29, 1.82) is 0 Å². The quantitative estimate of drug-likeness (QED) is 0.183. The van der Waals surface area contributed by atoms with Crippen molar-refractivity contribution in [2.24, 2.45) is 0 Å². The maximum absolute atomic E-state index is 6.57. The molecule has 2 aromatic heterocycles. The lowest BCUT2D eigenvalue weighted by molar-refractivity contribution is 0.660. The number of rotatable bonds is 5. The molecule has 9 aromatic rings. The molecule has 0 atom stereocenters. The second-order valence-corrected chi connectivity index (χ2v) is 14.1. The van der Waals surface area contributed by atoms with Crippen LogP contribution in [-0.4, -0.2) is 9.97 Å². The van der Waals surface area contributed by atoms with Crippen molar-refractivity contribution in [2.75, 3.05) is 0 Å². The molecule has 1 aliphatic carbocycles. The molecule has 0 saturated heterocycles. The second kappa shape index (κ2) is 11.8. The Balaban J connectivity index is 1.27. The summed E-state index contributed by atoms with van der Waals surface area (Å²) < 4.78 is 6.57. The average molecular weight is 667 g/mol. The first-order valence-electron chi connectivity index (χ1n) is 17.8. The summed E-state index contributed by atoms with van der Waals surface area (Å²) in [5, 5.41) is 2.17. The summed E-state index contributed by atoms with van der Waals surface area (Å²) in [6.07, 6.45) is 0. The van der Waals surface area contributed by atoms with Gasteiger partial charge < -0.3 is 4.42 Å². The molecule has 3 nitrogen and oxygen atoms in total. The first-order chi connectivity index (χ1) is 25.5. The Morgan fingerprint density at radius 2 is 1.04 bits per heavy atom. The van der Waals surface area contributed by atoms with Crippen LogP contribution in [0, 0.1) is 0 Å². The molecular formula is C49H34N2O. The van der Waals surface area contributed by atoms with Gasteiger partial charge in [0.05, 0.1) is 11.4 Å². The van der Waals surface area contributed by atoms with Gasteiger partial charge in [-0.05, 0) is 68.8 Å². The Labute approximate surface area is 302 Å². The molecule has 10 rings (SSSR count). The zero-order chi connectivity index (χ0) is 34.8. The number of furan rings is 1. The van der Waals surface area contributed by atoms with Crippen molar-refractivity contribution in [2.45, 2.75) is 19.3 Å². The minimum absolute atomic E-state index is 0.143. The third-order valence-corrected chi connectivity index (χ3v) is 10.7. The molecule has 52 heavy (non-hydrogen) atoms. The van der Waals surface area contributed by atoms with E-state index in [-0.39, 0.29) is 5.41 Å². The molecule has 0 N–H and O–H groups in total. The lowest BCUT2D eigenvalue weighted by Gasteiger charge is -2.21. The summed E-state index contributed by atoms with van der Waals surface area (Å²) >= 11 is 0. The summed E-state index contributed by atoms with van der Waals surface area (Å²) in [7, 11) is 0. The fourth-order valence-electron chi connectivity index (χ4n) is 8.17. The highest BCUT2D eigenvalue weighted by molar-refractivity contribution is 6.09. The first-order valence-corrected chi connectivity index (χ1v) is 17.8. The maximum Gasteiger partial charge on any atom is 0.161 e. The molecule has 0 spiro atoms. The van der Waals surface area contributed by atoms with Gasteiger partial charge in [-0.3, -0.25) is 0 Å². The fourth-order valence-corrected chi connectivity index (χ4v) is 8.17. The normalized spacial score (nSPS) is 13.0. The molecule has 0 aliphatic heterocycles. The van der Waals surface area contributed by atoms with E-state index in [0.29, 0.717) is 5.82 Å². The molecule has 2 heterocycles. The minimum Gasteiger partial charge on any atom is -0.455 e. The minimum atomic E-state index is -0.143. The topological polar surface area (TPSA) is 38.9 Å². The average Bonchev–Trinajstić information content (AvgIpc) is 3.70. The van der Waals surface area contributed by atoms with Crippen LogP contribution in [0.5, 0.6) is 0 Å². The Morgan fingerprint density at radius 3 is 1.87 bits per heavy atom. The lowest BCUT2D eigenvalue weighted by Crippen LogP contribution is -2.14. The Kier molecular flexibility index (Phi) is 6.84. The molecule has 0 bridgehead atoms. The lowest BCUT2D eigenvalue weighted by atomic mass is 9.82. The van der Waals surface area contributed by atoms with Crippen LogP contribution in [0.1, 0.15) is 25.0 Å². The molecule has 1 aliphatic rings. The van der Waals surface area contributed by atoms with Gasteiger partial charge in [-0.2, -0.15) is 0 Å². The van der Waals surface area contributed by atoms with Gasteiger partial charge in [0, 0.05) is 32.9 Å². The van der Waals surface area contributed by atoms with E-state index in [4.69, 9.17) is 14.4 Å². The van der Waals surface area contributed by atoms with Gasteiger partial charge in [-0.1, -0.05) is 159 Å². The predicted octanol–water partition coefficient (Wildman–Crippen LogP) is 13.0. The molecule has 0 fully saturated rings. The number of nitrogens with zero attached hydrogens (tertiary/aromatic N) is 2. The first kappa shape index (κ1) is 30.3. The van der Waals surface area contributed by atoms with Gasteiger partial charge in [-0.15, -0.1) is 0 Å². The Hall–Kier alpha value is -6.58. The molecule has 0 radical (unpaired) electrons. The number of benzene rings is 7. The molecule has 246 valence electrons. The van der Waals surface area contributed by atoms with Gasteiger partial charge >= 0.3 is 0 Å². The predicted molar refractivity (Wildman–Crippen MR) is 214 cm³/mol. The molecule has 0 amide bonds. The van der Waals surface area contributed by atoms with Crippen LogP contribution in [0.2, 0.25) is 0 Å². The van der Waals surface area contributed by atoms with E-state index in [0.717, 1.165) is 66.7 Å². The van der Waals surface area contributed by atoms with Gasteiger partial charge in [0.2, 0.25) is 0 Å². The smallest absolute Gasteiger partial charge is 0.161 e. The highest BCUT2D eigenvalue weighted by Crippen LogP contribution is 2.52. The number of para-hydroxylation sites is 2. The van der Waals surface area contributed by atoms with Gasteiger partial charge in [0.25, 0.3) is 0 Å². The third kappa shape index (κ3) is 4.74. The van der Waals surface area contributed by atoms with Crippen LogP contribution in [0.4, 0.5) is 0 Å².